The van der Waals surface area contributed by atoms with Crippen molar-refractivity contribution in [3.05, 3.63) is 59.8 Å². The van der Waals surface area contributed by atoms with Gasteiger partial charge in [0.05, 0.1) is 11.0 Å². The molecule has 1 aromatic heterocycles. The summed E-state index contributed by atoms with van der Waals surface area (Å²) in [5.74, 6) is 1.97. The second kappa shape index (κ2) is 11.6. The van der Waals surface area contributed by atoms with E-state index in [1.807, 2.05) is 6.08 Å². The van der Waals surface area contributed by atoms with Crippen LogP contribution in [0.25, 0.3) is 11.0 Å². The number of nitrogens with zero attached hydrogens (tertiary/aromatic N) is 4. The van der Waals surface area contributed by atoms with E-state index < -0.39 is 0 Å². The zero-order chi connectivity index (χ0) is 24.9. The smallest absolute Gasteiger partial charge is 0.115 e. The number of hydrogen-bond acceptors (Lipinski definition) is 4. The molecule has 0 radical (unpaired) electrons. The highest BCUT2D eigenvalue weighted by Gasteiger charge is 2.25. The molecule has 1 atom stereocenters. The van der Waals surface area contributed by atoms with Crippen LogP contribution < -0.4 is 4.31 Å². The van der Waals surface area contributed by atoms with Crippen LogP contribution in [0.3, 0.4) is 0 Å². The van der Waals surface area contributed by atoms with Crippen LogP contribution in [0.15, 0.2) is 54.0 Å². The van der Waals surface area contributed by atoms with Crippen molar-refractivity contribution in [2.45, 2.75) is 77.8 Å². The van der Waals surface area contributed by atoms with E-state index in [0.717, 1.165) is 28.6 Å². The molecule has 1 aromatic carbocycles. The summed E-state index contributed by atoms with van der Waals surface area (Å²) in [6.45, 7) is 14.0. The molecule has 1 heterocycles. The van der Waals surface area contributed by atoms with Crippen LogP contribution in [0.2, 0.25) is 0 Å². The van der Waals surface area contributed by atoms with Crippen LogP contribution in [0, 0.1) is 5.92 Å². The Kier molecular flexibility index (Phi) is 9.11. The summed E-state index contributed by atoms with van der Waals surface area (Å²) >= 11 is 1.71. The first-order valence-corrected chi connectivity index (χ1v) is 13.5. The maximum Gasteiger partial charge on any atom is 0.115 e. The van der Waals surface area contributed by atoms with Crippen molar-refractivity contribution in [1.29, 1.82) is 0 Å². The van der Waals surface area contributed by atoms with Gasteiger partial charge in [0.15, 0.2) is 0 Å². The van der Waals surface area contributed by atoms with Crippen LogP contribution in [0.5, 0.6) is 0 Å². The van der Waals surface area contributed by atoms with Gasteiger partial charge < -0.3 is 13.8 Å². The number of benzene rings is 1. The molecule has 0 spiro atoms. The van der Waals surface area contributed by atoms with Crippen LogP contribution in [-0.2, 0) is 12.0 Å². The Morgan fingerprint density at radius 1 is 1.21 bits per heavy atom. The van der Waals surface area contributed by atoms with Crippen LogP contribution in [0.4, 0.5) is 5.69 Å². The SMILES string of the molecule is C=C/C=C(\C=C/C(C)N(C)C)SN(C)c1ccc2c(c1)nc(C(C)(C)C)n2CC1CCCCC1. The Bertz CT molecular complexity index is 1020. The van der Waals surface area contributed by atoms with E-state index in [1.165, 1.54) is 43.4 Å². The predicted octanol–water partition coefficient (Wildman–Crippen LogP) is 7.57. The Hall–Kier alpha value is -1.98. The van der Waals surface area contributed by atoms with Crippen molar-refractivity contribution >= 4 is 28.7 Å². The normalized spacial score (nSPS) is 17.1. The van der Waals surface area contributed by atoms with Gasteiger partial charge >= 0.3 is 0 Å². The highest BCUT2D eigenvalue weighted by Crippen LogP contribution is 2.34. The molecule has 4 nitrogen and oxygen atoms in total. The number of rotatable bonds is 9. The fraction of sp³-hybridized carbons (Fsp3) is 0.552. The molecule has 0 bridgehead atoms. The minimum absolute atomic E-state index is 0.0162. The lowest BCUT2D eigenvalue weighted by molar-refractivity contribution is 0.313. The van der Waals surface area contributed by atoms with Gasteiger partial charge in [-0.1, -0.05) is 58.8 Å². The lowest BCUT2D eigenvalue weighted by Gasteiger charge is -2.26. The van der Waals surface area contributed by atoms with Gasteiger partial charge in [-0.25, -0.2) is 4.98 Å². The minimum Gasteiger partial charge on any atom is -0.327 e. The Balaban J connectivity index is 1.87. The molecule has 1 saturated carbocycles. The summed E-state index contributed by atoms with van der Waals surface area (Å²) in [6, 6.07) is 7.12. The van der Waals surface area contributed by atoms with Crippen molar-refractivity contribution < 1.29 is 0 Å². The van der Waals surface area contributed by atoms with Crippen molar-refractivity contribution in [3.8, 4) is 0 Å². The molecule has 2 aromatic rings. The van der Waals surface area contributed by atoms with E-state index in [-0.39, 0.29) is 5.41 Å². The lowest BCUT2D eigenvalue weighted by atomic mass is 9.88. The number of anilines is 1. The third-order valence-corrected chi connectivity index (χ3v) is 7.78. The molecule has 0 N–H and O–H groups in total. The maximum absolute atomic E-state index is 5.16. The van der Waals surface area contributed by atoms with Gasteiger partial charge in [0.25, 0.3) is 0 Å². The van der Waals surface area contributed by atoms with Crippen molar-refractivity contribution in [2.75, 3.05) is 25.4 Å². The monoisotopic (exact) mass is 480 g/mol. The number of allylic oxidation sites excluding steroid dienone is 3. The average molecular weight is 481 g/mol. The van der Waals surface area contributed by atoms with Gasteiger partial charge in [0.1, 0.15) is 5.82 Å². The number of hydrogen-bond donors (Lipinski definition) is 0. The molecule has 1 fully saturated rings. The minimum atomic E-state index is 0.0162. The molecule has 1 aliphatic rings. The van der Waals surface area contributed by atoms with Gasteiger partial charge in [-0.05, 0) is 82.1 Å². The molecular weight excluding hydrogens is 436 g/mol. The Labute approximate surface area is 211 Å². The molecule has 34 heavy (non-hydrogen) atoms. The number of imidazole rings is 1. The molecule has 186 valence electrons. The first kappa shape index (κ1) is 26.6. The highest BCUT2D eigenvalue weighted by atomic mass is 32.2. The van der Waals surface area contributed by atoms with Gasteiger partial charge in [-0.3, -0.25) is 0 Å². The fourth-order valence-corrected chi connectivity index (χ4v) is 5.38. The standard InChI is InChI=1S/C29H44N4S/c1-9-13-25(18-16-22(2)31(6)7)34-32(8)24-17-19-27-26(20-24)30-28(29(3,4)5)33(27)21-23-14-11-10-12-15-23/h9,13,16-20,22-23H,1,10-12,14-15,21H2,2-8H3/b18-16-,25-13+. The summed E-state index contributed by atoms with van der Waals surface area (Å²) in [7, 11) is 6.31. The van der Waals surface area contributed by atoms with E-state index in [1.54, 1.807) is 11.9 Å². The molecular formula is C29H44N4S. The molecule has 0 aliphatic heterocycles. The van der Waals surface area contributed by atoms with Gasteiger partial charge in [0.2, 0.25) is 0 Å². The van der Waals surface area contributed by atoms with Gasteiger partial charge in [-0.15, -0.1) is 0 Å². The van der Waals surface area contributed by atoms with Crippen molar-refractivity contribution in [2.24, 2.45) is 5.92 Å². The highest BCUT2D eigenvalue weighted by molar-refractivity contribution is 8.04. The third kappa shape index (κ3) is 6.79. The number of likely N-dealkylation sites (N-methyl/N-ethyl adjacent to an activating group) is 1. The zero-order valence-corrected chi connectivity index (χ0v) is 23.2. The topological polar surface area (TPSA) is 24.3 Å². The van der Waals surface area contributed by atoms with E-state index >= 15 is 0 Å². The van der Waals surface area contributed by atoms with Crippen molar-refractivity contribution in [3.63, 3.8) is 0 Å². The quantitative estimate of drug-likeness (QED) is 0.273. The summed E-state index contributed by atoms with van der Waals surface area (Å²) < 4.78 is 4.73. The van der Waals surface area contributed by atoms with E-state index in [2.05, 4.69) is 106 Å². The zero-order valence-electron chi connectivity index (χ0n) is 22.3. The summed E-state index contributed by atoms with van der Waals surface area (Å²) in [5.41, 5.74) is 3.53. The average Bonchev–Trinajstić information content (AvgIpc) is 3.16. The third-order valence-electron chi connectivity index (χ3n) is 6.81. The molecule has 1 unspecified atom stereocenters. The second-order valence-electron chi connectivity index (χ2n) is 10.9. The largest absolute Gasteiger partial charge is 0.327 e. The lowest BCUT2D eigenvalue weighted by Crippen LogP contribution is -2.22. The summed E-state index contributed by atoms with van der Waals surface area (Å²) in [6.07, 6.45) is 15.2. The first-order valence-electron chi connectivity index (χ1n) is 12.7. The van der Waals surface area contributed by atoms with E-state index in [9.17, 15) is 0 Å². The Morgan fingerprint density at radius 2 is 1.91 bits per heavy atom. The molecule has 0 amide bonds. The van der Waals surface area contributed by atoms with Crippen LogP contribution >= 0.6 is 11.9 Å². The van der Waals surface area contributed by atoms with Crippen LogP contribution in [-0.4, -0.2) is 41.6 Å². The molecule has 1 aliphatic carbocycles. The van der Waals surface area contributed by atoms with E-state index in [4.69, 9.17) is 4.98 Å². The fourth-order valence-electron chi connectivity index (χ4n) is 4.55. The van der Waals surface area contributed by atoms with Gasteiger partial charge in [0, 0.05) is 35.6 Å². The van der Waals surface area contributed by atoms with Gasteiger partial charge in [-0.2, -0.15) is 0 Å². The summed E-state index contributed by atoms with van der Waals surface area (Å²) in [5, 5.41) is 0. The Morgan fingerprint density at radius 3 is 2.53 bits per heavy atom. The number of aromatic nitrogens is 2. The molecule has 0 saturated heterocycles. The van der Waals surface area contributed by atoms with E-state index in [0.29, 0.717) is 6.04 Å². The number of fused-ring (bicyclic) bond motifs is 1. The first-order chi connectivity index (χ1) is 16.1. The predicted molar refractivity (Wildman–Crippen MR) is 152 cm³/mol. The maximum atomic E-state index is 5.16. The van der Waals surface area contributed by atoms with Crippen molar-refractivity contribution in [1.82, 2.24) is 14.5 Å². The summed E-state index contributed by atoms with van der Waals surface area (Å²) in [4.78, 5) is 8.52. The molecule has 5 heteroatoms. The molecule has 3 rings (SSSR count). The second-order valence-corrected chi connectivity index (χ2v) is 12.1. The van der Waals surface area contributed by atoms with Crippen LogP contribution in [0.1, 0.15) is 65.6 Å².